The molecule has 0 spiro atoms. The van der Waals surface area contributed by atoms with Crippen LogP contribution >= 0.6 is 11.8 Å². The molecular formula is C16H18N4O2S. The monoisotopic (exact) mass is 330 g/mol. The number of hydrogen-bond acceptors (Lipinski definition) is 7. The zero-order valence-electron chi connectivity index (χ0n) is 13.1. The fraction of sp³-hybridized carbons (Fsp3) is 0.375. The molecule has 23 heavy (non-hydrogen) atoms. The Hall–Kier alpha value is -2.15. The first-order valence-corrected chi connectivity index (χ1v) is 8.54. The molecular weight excluding hydrogens is 312 g/mol. The maximum atomic E-state index is 5.68. The van der Waals surface area contributed by atoms with Gasteiger partial charge < -0.3 is 8.94 Å². The van der Waals surface area contributed by atoms with Crippen LogP contribution in [0.15, 0.2) is 44.5 Å². The second-order valence-electron chi connectivity index (χ2n) is 5.22. The van der Waals surface area contributed by atoms with E-state index in [0.717, 1.165) is 12.8 Å². The largest absolute Gasteiger partial charge is 0.416 e. The first-order chi connectivity index (χ1) is 11.2. The first kappa shape index (κ1) is 15.7. The molecule has 0 N–H and O–H groups in total. The van der Waals surface area contributed by atoms with Crippen LogP contribution in [-0.2, 0) is 18.6 Å². The molecule has 0 radical (unpaired) electrons. The second kappa shape index (κ2) is 7.41. The minimum atomic E-state index is 0.331. The molecule has 0 aliphatic carbocycles. The Kier molecular flexibility index (Phi) is 5.07. The lowest BCUT2D eigenvalue weighted by molar-refractivity contribution is 0.383. The number of aromatic nitrogens is 4. The molecule has 3 aromatic rings. The van der Waals surface area contributed by atoms with E-state index in [-0.39, 0.29) is 0 Å². The maximum Gasteiger partial charge on any atom is 0.277 e. The lowest BCUT2D eigenvalue weighted by Crippen LogP contribution is -1.98. The van der Waals surface area contributed by atoms with Gasteiger partial charge in [0.05, 0.1) is 5.75 Å². The van der Waals surface area contributed by atoms with E-state index in [9.17, 15) is 0 Å². The Labute approximate surface area is 138 Å². The Morgan fingerprint density at radius 3 is 2.70 bits per heavy atom. The van der Waals surface area contributed by atoms with Crippen LogP contribution in [0.3, 0.4) is 0 Å². The van der Waals surface area contributed by atoms with Crippen molar-refractivity contribution in [2.45, 2.75) is 43.6 Å². The van der Waals surface area contributed by atoms with Gasteiger partial charge in [-0.1, -0.05) is 61.1 Å². The highest BCUT2D eigenvalue weighted by Gasteiger charge is 2.14. The zero-order valence-corrected chi connectivity index (χ0v) is 13.9. The minimum absolute atomic E-state index is 0.331. The molecule has 0 fully saturated rings. The van der Waals surface area contributed by atoms with Crippen molar-refractivity contribution in [1.82, 2.24) is 20.3 Å². The fourth-order valence-electron chi connectivity index (χ4n) is 2.16. The summed E-state index contributed by atoms with van der Waals surface area (Å²) in [5, 5.41) is 12.6. The van der Waals surface area contributed by atoms with E-state index in [4.69, 9.17) is 8.94 Å². The second-order valence-corrected chi connectivity index (χ2v) is 6.15. The van der Waals surface area contributed by atoms with Crippen molar-refractivity contribution < 1.29 is 8.94 Å². The SMILES string of the molecule is CCc1noc(CSc2nnc(CC(C)c3ccccc3)o2)n1. The third-order valence-electron chi connectivity index (χ3n) is 3.44. The molecule has 2 heterocycles. The summed E-state index contributed by atoms with van der Waals surface area (Å²) >= 11 is 1.40. The summed E-state index contributed by atoms with van der Waals surface area (Å²) in [5.41, 5.74) is 1.26. The van der Waals surface area contributed by atoms with Gasteiger partial charge in [-0.3, -0.25) is 0 Å². The normalized spacial score (nSPS) is 12.4. The van der Waals surface area contributed by atoms with E-state index in [1.54, 1.807) is 0 Å². The standard InChI is InChI=1S/C16H18N4O2S/c1-3-13-17-15(22-20-13)10-23-16-19-18-14(21-16)9-11(2)12-7-5-4-6-8-12/h4-8,11H,3,9-10H2,1-2H3. The van der Waals surface area contributed by atoms with E-state index < -0.39 is 0 Å². The van der Waals surface area contributed by atoms with Gasteiger partial charge in [0.25, 0.3) is 5.22 Å². The number of rotatable bonds is 7. The number of benzene rings is 1. The van der Waals surface area contributed by atoms with Crippen LogP contribution in [0.5, 0.6) is 0 Å². The first-order valence-electron chi connectivity index (χ1n) is 7.56. The van der Waals surface area contributed by atoms with Gasteiger partial charge in [0.15, 0.2) is 5.82 Å². The van der Waals surface area contributed by atoms with Crippen molar-refractivity contribution in [3.63, 3.8) is 0 Å². The Morgan fingerprint density at radius 1 is 1.13 bits per heavy atom. The number of aryl methyl sites for hydroxylation is 1. The molecule has 0 aliphatic rings. The predicted octanol–water partition coefficient (Wildman–Crippen LogP) is 3.65. The number of hydrogen-bond donors (Lipinski definition) is 0. The molecule has 1 atom stereocenters. The third kappa shape index (κ3) is 4.19. The van der Waals surface area contributed by atoms with Gasteiger partial charge in [0, 0.05) is 12.8 Å². The molecule has 0 saturated carbocycles. The smallest absolute Gasteiger partial charge is 0.277 e. The Balaban J connectivity index is 1.55. The highest BCUT2D eigenvalue weighted by molar-refractivity contribution is 7.98. The average Bonchev–Trinajstić information content (AvgIpc) is 3.22. The molecule has 0 saturated heterocycles. The van der Waals surface area contributed by atoms with E-state index >= 15 is 0 Å². The molecule has 6 nitrogen and oxygen atoms in total. The summed E-state index contributed by atoms with van der Waals surface area (Å²) in [5.74, 6) is 2.79. The predicted molar refractivity (Wildman–Crippen MR) is 86.1 cm³/mol. The molecule has 0 bridgehead atoms. The zero-order chi connectivity index (χ0) is 16.1. The Bertz CT molecular complexity index is 741. The minimum Gasteiger partial charge on any atom is -0.416 e. The van der Waals surface area contributed by atoms with Gasteiger partial charge >= 0.3 is 0 Å². The van der Waals surface area contributed by atoms with Gasteiger partial charge in [-0.25, -0.2) is 0 Å². The summed E-state index contributed by atoms with van der Waals surface area (Å²) in [6, 6.07) is 10.3. The number of nitrogens with zero attached hydrogens (tertiary/aromatic N) is 4. The lowest BCUT2D eigenvalue weighted by atomic mass is 9.98. The number of thioether (sulfide) groups is 1. The van der Waals surface area contributed by atoms with Crippen molar-refractivity contribution in [2.75, 3.05) is 0 Å². The third-order valence-corrected chi connectivity index (χ3v) is 4.25. The summed E-state index contributed by atoms with van der Waals surface area (Å²) < 4.78 is 10.8. The van der Waals surface area contributed by atoms with Gasteiger partial charge in [-0.2, -0.15) is 4.98 Å². The van der Waals surface area contributed by atoms with Crippen molar-refractivity contribution in [3.8, 4) is 0 Å². The lowest BCUT2D eigenvalue weighted by Gasteiger charge is -2.08. The molecule has 2 aromatic heterocycles. The van der Waals surface area contributed by atoms with Crippen LogP contribution in [0, 0.1) is 0 Å². The van der Waals surface area contributed by atoms with Crippen molar-refractivity contribution in [1.29, 1.82) is 0 Å². The molecule has 120 valence electrons. The van der Waals surface area contributed by atoms with Crippen LogP contribution in [0.2, 0.25) is 0 Å². The van der Waals surface area contributed by atoms with Crippen LogP contribution in [0.1, 0.15) is 42.9 Å². The average molecular weight is 330 g/mol. The van der Waals surface area contributed by atoms with Crippen molar-refractivity contribution >= 4 is 11.8 Å². The van der Waals surface area contributed by atoms with Crippen LogP contribution in [0.4, 0.5) is 0 Å². The van der Waals surface area contributed by atoms with Crippen LogP contribution in [-0.4, -0.2) is 20.3 Å². The Morgan fingerprint density at radius 2 is 1.96 bits per heavy atom. The maximum absolute atomic E-state index is 5.68. The van der Waals surface area contributed by atoms with E-state index in [0.29, 0.717) is 34.5 Å². The molecule has 3 rings (SSSR count). The van der Waals surface area contributed by atoms with E-state index in [1.165, 1.54) is 17.3 Å². The van der Waals surface area contributed by atoms with Gasteiger partial charge in [0.2, 0.25) is 11.8 Å². The molecule has 0 amide bonds. The van der Waals surface area contributed by atoms with E-state index in [1.807, 2.05) is 25.1 Å². The van der Waals surface area contributed by atoms with Crippen molar-refractivity contribution in [3.05, 3.63) is 53.5 Å². The molecule has 1 aromatic carbocycles. The highest BCUT2D eigenvalue weighted by atomic mass is 32.2. The quantitative estimate of drug-likeness (QED) is 0.612. The summed E-state index contributed by atoms with van der Waals surface area (Å²) in [7, 11) is 0. The van der Waals surface area contributed by atoms with Crippen LogP contribution in [0.25, 0.3) is 0 Å². The van der Waals surface area contributed by atoms with Gasteiger partial charge in [-0.15, -0.1) is 10.2 Å². The van der Waals surface area contributed by atoms with Crippen LogP contribution < -0.4 is 0 Å². The fourth-order valence-corrected chi connectivity index (χ4v) is 2.77. The summed E-state index contributed by atoms with van der Waals surface area (Å²) in [6.45, 7) is 4.14. The molecule has 1 unspecified atom stereocenters. The molecule has 7 heteroatoms. The van der Waals surface area contributed by atoms with E-state index in [2.05, 4.69) is 39.4 Å². The summed E-state index contributed by atoms with van der Waals surface area (Å²) in [4.78, 5) is 4.25. The highest BCUT2D eigenvalue weighted by Crippen LogP contribution is 2.24. The summed E-state index contributed by atoms with van der Waals surface area (Å²) in [6.07, 6.45) is 1.48. The van der Waals surface area contributed by atoms with Gasteiger partial charge in [0.1, 0.15) is 0 Å². The topological polar surface area (TPSA) is 77.8 Å². The van der Waals surface area contributed by atoms with Gasteiger partial charge in [-0.05, 0) is 11.5 Å². The molecule has 0 aliphatic heterocycles. The van der Waals surface area contributed by atoms with Crippen molar-refractivity contribution in [2.24, 2.45) is 0 Å².